The lowest BCUT2D eigenvalue weighted by Crippen LogP contribution is -2.62. The Morgan fingerprint density at radius 3 is 2.52 bits per heavy atom. The fourth-order valence-electron chi connectivity index (χ4n) is 10.1. The molecule has 2 fully saturated rings. The number of hydrazine groups is 1. The van der Waals surface area contributed by atoms with Gasteiger partial charge in [0.2, 0.25) is 11.8 Å². The van der Waals surface area contributed by atoms with Gasteiger partial charge in [-0.25, -0.2) is 15.4 Å². The third-order valence-electron chi connectivity index (χ3n) is 13.4. The van der Waals surface area contributed by atoms with Crippen LogP contribution in [0.15, 0.2) is 70.8 Å². The zero-order valence-electron chi connectivity index (χ0n) is 40.7. The third kappa shape index (κ3) is 10.6. The molecular formula is C53H70N8O5. The average molecular weight is 899 g/mol. The minimum absolute atomic E-state index is 0.0463. The van der Waals surface area contributed by atoms with Crippen molar-refractivity contribution >= 4 is 40.6 Å². The van der Waals surface area contributed by atoms with Crippen LogP contribution in [-0.4, -0.2) is 99.6 Å². The molecule has 0 radical (unpaired) electrons. The van der Waals surface area contributed by atoms with E-state index in [0.717, 1.165) is 57.5 Å². The first-order chi connectivity index (χ1) is 31.5. The predicted octanol–water partition coefficient (Wildman–Crippen LogP) is 8.40. The largest absolute Gasteiger partial charge is 0.464 e. The summed E-state index contributed by atoms with van der Waals surface area (Å²) in [5.41, 5.74) is 11.1. The lowest BCUT2D eigenvalue weighted by Gasteiger charge is -2.37. The van der Waals surface area contributed by atoms with Gasteiger partial charge in [0.25, 0.3) is 5.91 Å². The van der Waals surface area contributed by atoms with E-state index in [2.05, 4.69) is 102 Å². The quantitative estimate of drug-likeness (QED) is 0.120. The number of fused-ring (bicyclic) bond motifs is 6. The number of pyridine rings is 1. The minimum Gasteiger partial charge on any atom is -0.464 e. The van der Waals surface area contributed by atoms with Gasteiger partial charge in [0, 0.05) is 60.6 Å². The van der Waals surface area contributed by atoms with Crippen LogP contribution in [0.5, 0.6) is 0 Å². The van der Waals surface area contributed by atoms with Crippen molar-refractivity contribution in [2.45, 2.75) is 150 Å². The Morgan fingerprint density at radius 1 is 1.02 bits per heavy atom. The van der Waals surface area contributed by atoms with Crippen LogP contribution in [-0.2, 0) is 43.3 Å². The van der Waals surface area contributed by atoms with Crippen LogP contribution < -0.4 is 10.7 Å². The SMILES string of the molecule is CCn1c(-c2cccnc2C(C)C)c2c3cc(ccc31)-c1cccc(c1)C[C@H](NC(=O)[C@H](C(C)C)N(C)C(=O)[C@H]1CC[C@H](N=C=NC(C)C)C1)C(=O)N1CCC[C@H](N1)C(=O)OCC(C)(C)C2. The fraction of sp³-hybridized carbons (Fsp3) is 0.547. The molecule has 6 bridgehead atoms. The van der Waals surface area contributed by atoms with E-state index in [0.29, 0.717) is 38.6 Å². The van der Waals surface area contributed by atoms with Gasteiger partial charge in [-0.3, -0.25) is 29.2 Å². The maximum absolute atomic E-state index is 14.7. The highest BCUT2D eigenvalue weighted by molar-refractivity contribution is 5.96. The first-order valence-corrected chi connectivity index (χ1v) is 24.1. The number of ether oxygens (including phenoxy) is 1. The Morgan fingerprint density at radius 2 is 1.79 bits per heavy atom. The normalized spacial score (nSPS) is 21.6. The Kier molecular flexibility index (Phi) is 15.0. The lowest BCUT2D eigenvalue weighted by molar-refractivity contribution is -0.155. The van der Waals surface area contributed by atoms with E-state index >= 15 is 0 Å². The summed E-state index contributed by atoms with van der Waals surface area (Å²) in [4.78, 5) is 72.4. The zero-order valence-corrected chi connectivity index (χ0v) is 40.7. The summed E-state index contributed by atoms with van der Waals surface area (Å²) in [5, 5.41) is 5.71. The molecule has 4 aromatic rings. The number of nitrogens with one attached hydrogen (secondary N) is 2. The summed E-state index contributed by atoms with van der Waals surface area (Å²) in [6.07, 6.45) is 5.74. The Bertz CT molecular complexity index is 2500. The summed E-state index contributed by atoms with van der Waals surface area (Å²) in [6, 6.07) is 19.2. The molecular weight excluding hydrogens is 829 g/mol. The molecule has 2 aliphatic heterocycles. The van der Waals surface area contributed by atoms with E-state index in [1.807, 2.05) is 52.1 Å². The fourth-order valence-corrected chi connectivity index (χ4v) is 10.1. The summed E-state index contributed by atoms with van der Waals surface area (Å²) in [7, 11) is 1.68. The monoisotopic (exact) mass is 899 g/mol. The molecule has 66 heavy (non-hydrogen) atoms. The van der Waals surface area contributed by atoms with Crippen LogP contribution >= 0.6 is 0 Å². The van der Waals surface area contributed by atoms with Crippen LogP contribution in [0.1, 0.15) is 117 Å². The molecule has 352 valence electrons. The Balaban J connectivity index is 1.26. The number of hydrogen-bond acceptors (Lipinski definition) is 9. The highest BCUT2D eigenvalue weighted by atomic mass is 16.5. The molecule has 0 unspecified atom stereocenters. The number of aromatic nitrogens is 2. The first kappa shape index (κ1) is 48.3. The van der Waals surface area contributed by atoms with E-state index in [1.54, 1.807) is 11.9 Å². The number of carbonyl (C=O) groups is 4. The molecule has 7 rings (SSSR count). The van der Waals surface area contributed by atoms with Gasteiger partial charge in [0.05, 0.1) is 36.1 Å². The number of nitrogens with zero attached hydrogens (tertiary/aromatic N) is 6. The van der Waals surface area contributed by atoms with E-state index in [1.165, 1.54) is 10.6 Å². The molecule has 2 aromatic carbocycles. The number of likely N-dealkylation sites (N-methyl/N-ethyl adjacent to an activating group) is 1. The van der Waals surface area contributed by atoms with Gasteiger partial charge in [0.1, 0.15) is 18.1 Å². The second kappa shape index (κ2) is 20.5. The van der Waals surface area contributed by atoms with Crippen LogP contribution in [0, 0.1) is 17.3 Å². The number of rotatable bonds is 10. The van der Waals surface area contributed by atoms with Crippen molar-refractivity contribution in [3.63, 3.8) is 0 Å². The van der Waals surface area contributed by atoms with E-state index in [9.17, 15) is 19.2 Å². The highest BCUT2D eigenvalue weighted by Gasteiger charge is 2.40. The topological polar surface area (TPSA) is 151 Å². The predicted molar refractivity (Wildman–Crippen MR) is 260 cm³/mol. The molecule has 3 amide bonds. The molecule has 2 N–H and O–H groups in total. The molecule has 1 saturated carbocycles. The summed E-state index contributed by atoms with van der Waals surface area (Å²) < 4.78 is 8.53. The number of aliphatic imine (C=N–C) groups is 2. The van der Waals surface area contributed by atoms with Gasteiger partial charge in [0.15, 0.2) is 0 Å². The molecule has 13 heteroatoms. The zero-order chi connectivity index (χ0) is 47.4. The smallest absolute Gasteiger partial charge is 0.324 e. The number of cyclic esters (lactones) is 1. The lowest BCUT2D eigenvalue weighted by atomic mass is 9.83. The van der Waals surface area contributed by atoms with Gasteiger partial charge < -0.3 is 19.5 Å². The van der Waals surface area contributed by atoms with Gasteiger partial charge in [-0.1, -0.05) is 71.9 Å². The minimum atomic E-state index is -1.01. The number of hydrogen-bond donors (Lipinski definition) is 2. The Hall–Kier alpha value is -5.65. The molecule has 0 spiro atoms. The number of benzene rings is 2. The second-order valence-corrected chi connectivity index (χ2v) is 20.4. The van der Waals surface area contributed by atoms with Crippen molar-refractivity contribution in [3.05, 3.63) is 77.6 Å². The summed E-state index contributed by atoms with van der Waals surface area (Å²) >= 11 is 0. The van der Waals surface area contributed by atoms with Crippen molar-refractivity contribution < 1.29 is 23.9 Å². The standard InChI is InChI=1S/C53H70N8O5/c1-11-60-45-22-20-37-28-41(45)42(48(60)40-17-13-23-54-46(40)32(2)3)29-53(8,9)30-66-52(65)43-18-14-24-61(58-43)51(64)44(26-35-15-12-16-36(37)25-35)57-49(62)47(33(4)5)59(10)50(63)38-19-21-39(27-38)56-31-55-34(6)7/h12-13,15-17,20,22-23,25,28,32-34,38-39,43-44,47,58H,11,14,18-19,21,24,26-27,29-30H2,1-10H3,(H,57,62)/t38-,39-,43-,44-,47-/m0/s1. The first-order valence-electron chi connectivity index (χ1n) is 24.1. The highest BCUT2D eigenvalue weighted by Crippen LogP contribution is 2.42. The van der Waals surface area contributed by atoms with E-state index in [-0.39, 0.29) is 54.7 Å². The molecule has 3 aliphatic rings. The molecule has 1 aliphatic carbocycles. The van der Waals surface area contributed by atoms with Crippen molar-refractivity contribution in [1.29, 1.82) is 0 Å². The Labute approximate surface area is 390 Å². The van der Waals surface area contributed by atoms with Crippen molar-refractivity contribution in [1.82, 2.24) is 30.2 Å². The third-order valence-corrected chi connectivity index (χ3v) is 13.4. The summed E-state index contributed by atoms with van der Waals surface area (Å²) in [6.45, 7) is 19.8. The van der Waals surface area contributed by atoms with Crippen LogP contribution in [0.4, 0.5) is 0 Å². The number of carbonyl (C=O) groups excluding carboxylic acids is 4. The molecule has 5 atom stereocenters. The van der Waals surface area contributed by atoms with E-state index in [4.69, 9.17) is 9.72 Å². The number of esters is 1. The molecule has 1 saturated heterocycles. The van der Waals surface area contributed by atoms with Gasteiger partial charge >= 0.3 is 5.97 Å². The number of aryl methyl sites for hydroxylation is 1. The van der Waals surface area contributed by atoms with Crippen molar-refractivity contribution in [2.24, 2.45) is 27.2 Å². The second-order valence-electron chi connectivity index (χ2n) is 20.4. The number of amides is 3. The maximum atomic E-state index is 14.7. The maximum Gasteiger partial charge on any atom is 0.324 e. The molecule has 2 aromatic heterocycles. The molecule has 4 heterocycles. The van der Waals surface area contributed by atoms with Gasteiger partial charge in [-0.05, 0) is 118 Å². The van der Waals surface area contributed by atoms with Crippen LogP contribution in [0.2, 0.25) is 0 Å². The van der Waals surface area contributed by atoms with Gasteiger partial charge in [-0.2, -0.15) is 0 Å². The van der Waals surface area contributed by atoms with Crippen LogP contribution in [0.25, 0.3) is 33.3 Å². The molecule has 13 nitrogen and oxygen atoms in total. The van der Waals surface area contributed by atoms with Crippen molar-refractivity contribution in [2.75, 3.05) is 20.2 Å². The van der Waals surface area contributed by atoms with Gasteiger partial charge in [-0.15, -0.1) is 0 Å². The summed E-state index contributed by atoms with van der Waals surface area (Å²) in [5.74, 6) is -1.64. The van der Waals surface area contributed by atoms with E-state index < -0.39 is 35.4 Å². The average Bonchev–Trinajstić information content (AvgIpc) is 3.88. The van der Waals surface area contributed by atoms with Crippen LogP contribution in [0.3, 0.4) is 0 Å². The van der Waals surface area contributed by atoms with Crippen molar-refractivity contribution in [3.8, 4) is 22.4 Å².